The molecule has 0 N–H and O–H groups in total. The topological polar surface area (TPSA) is 64.7 Å². The van der Waals surface area contributed by atoms with E-state index in [0.717, 1.165) is 0 Å². The molecule has 0 bridgehead atoms. The molecule has 0 aliphatic heterocycles. The predicted molar refractivity (Wildman–Crippen MR) is 32.3 cm³/mol. The van der Waals surface area contributed by atoms with Crippen molar-refractivity contribution in [3.63, 3.8) is 0 Å². The summed E-state index contributed by atoms with van der Waals surface area (Å²) in [6.07, 6.45) is 1.27. The Morgan fingerprint density at radius 3 is 3.00 bits per heavy atom. The molecule has 0 aromatic carbocycles. The summed E-state index contributed by atoms with van der Waals surface area (Å²) in [5.74, 6) is 0.447. The SMILES string of the molecule is c1nnc(-c2c[se]nn2)o1. The van der Waals surface area contributed by atoms with Crippen LogP contribution < -0.4 is 0 Å². The summed E-state index contributed by atoms with van der Waals surface area (Å²) in [4.78, 5) is 1.89. The molecular formula is C4H2N4OSe. The summed E-state index contributed by atoms with van der Waals surface area (Å²) in [6.45, 7) is 0. The molecule has 0 saturated carbocycles. The molecule has 0 aliphatic rings. The van der Waals surface area contributed by atoms with E-state index in [9.17, 15) is 0 Å². The van der Waals surface area contributed by atoms with E-state index in [1.165, 1.54) is 6.39 Å². The molecular weight excluding hydrogens is 199 g/mol. The first-order valence-corrected chi connectivity index (χ1v) is 4.26. The molecule has 0 atom stereocenters. The zero-order valence-electron chi connectivity index (χ0n) is 4.76. The van der Waals surface area contributed by atoms with E-state index in [-0.39, 0.29) is 14.7 Å². The summed E-state index contributed by atoms with van der Waals surface area (Å²) in [5.41, 5.74) is 0.692. The van der Waals surface area contributed by atoms with Gasteiger partial charge in [-0.1, -0.05) is 0 Å². The second kappa shape index (κ2) is 2.32. The second-order valence-electron chi connectivity index (χ2n) is 1.53. The van der Waals surface area contributed by atoms with Crippen LogP contribution in [0.1, 0.15) is 0 Å². The molecule has 0 spiro atoms. The van der Waals surface area contributed by atoms with Gasteiger partial charge in [0.25, 0.3) is 0 Å². The molecule has 0 radical (unpaired) electrons. The summed E-state index contributed by atoms with van der Waals surface area (Å²) in [7, 11) is 0. The molecule has 5 nitrogen and oxygen atoms in total. The number of aromatic nitrogens is 4. The minimum atomic E-state index is 0.129. The molecule has 10 heavy (non-hydrogen) atoms. The van der Waals surface area contributed by atoms with Gasteiger partial charge in [-0.3, -0.25) is 0 Å². The van der Waals surface area contributed by atoms with Crippen LogP contribution in [0.4, 0.5) is 0 Å². The maximum absolute atomic E-state index is 4.88. The first kappa shape index (κ1) is 5.76. The van der Waals surface area contributed by atoms with Gasteiger partial charge in [-0.15, -0.1) is 0 Å². The van der Waals surface area contributed by atoms with Crippen LogP contribution in [0.25, 0.3) is 11.6 Å². The van der Waals surface area contributed by atoms with E-state index in [0.29, 0.717) is 11.6 Å². The van der Waals surface area contributed by atoms with Gasteiger partial charge in [-0.2, -0.15) is 0 Å². The van der Waals surface area contributed by atoms with Gasteiger partial charge in [0.2, 0.25) is 0 Å². The van der Waals surface area contributed by atoms with E-state index in [1.54, 1.807) is 0 Å². The van der Waals surface area contributed by atoms with Gasteiger partial charge in [0.1, 0.15) is 0 Å². The van der Waals surface area contributed by atoms with Crippen molar-refractivity contribution in [1.82, 2.24) is 19.4 Å². The van der Waals surface area contributed by atoms with Crippen molar-refractivity contribution in [3.05, 3.63) is 11.3 Å². The molecule has 2 heterocycles. The monoisotopic (exact) mass is 202 g/mol. The molecule has 50 valence electrons. The molecule has 0 unspecified atom stereocenters. The molecule has 2 rings (SSSR count). The van der Waals surface area contributed by atoms with Crippen LogP contribution >= 0.6 is 0 Å². The minimum absolute atomic E-state index is 0.129. The summed E-state index contributed by atoms with van der Waals surface area (Å²) in [5, 5.41) is 11.0. The Bertz CT molecular complexity index is 257. The fourth-order valence-corrected chi connectivity index (χ4v) is 1.44. The summed E-state index contributed by atoms with van der Waals surface area (Å²) in [6, 6.07) is 0. The third-order valence-electron chi connectivity index (χ3n) is 0.939. The van der Waals surface area contributed by atoms with E-state index in [4.69, 9.17) is 4.42 Å². The molecule has 0 fully saturated rings. The Morgan fingerprint density at radius 1 is 1.40 bits per heavy atom. The number of rotatable bonds is 1. The van der Waals surface area contributed by atoms with Crippen molar-refractivity contribution >= 4 is 14.7 Å². The molecule has 2 aromatic heterocycles. The number of nitrogens with zero attached hydrogens (tertiary/aromatic N) is 4. The average molecular weight is 201 g/mol. The van der Waals surface area contributed by atoms with Crippen LogP contribution in [0.2, 0.25) is 0 Å². The summed E-state index contributed by atoms with van der Waals surface area (Å²) < 4.78 is 8.67. The van der Waals surface area contributed by atoms with Gasteiger partial charge in [-0.25, -0.2) is 0 Å². The van der Waals surface area contributed by atoms with Crippen molar-refractivity contribution in [3.8, 4) is 11.6 Å². The standard InChI is InChI=1S/C4H2N4OSe/c1-3(6-8-10-1)4-7-5-2-9-4/h1-2H. The van der Waals surface area contributed by atoms with Crippen molar-refractivity contribution < 1.29 is 4.42 Å². The van der Waals surface area contributed by atoms with Crippen molar-refractivity contribution in [2.45, 2.75) is 0 Å². The van der Waals surface area contributed by atoms with E-state index >= 15 is 0 Å². The third kappa shape index (κ3) is 0.872. The normalized spacial score (nSPS) is 10.0. The fourth-order valence-electron chi connectivity index (χ4n) is 0.542. The van der Waals surface area contributed by atoms with Gasteiger partial charge in [0, 0.05) is 0 Å². The van der Waals surface area contributed by atoms with Gasteiger partial charge in [-0.05, 0) is 0 Å². The zero-order valence-corrected chi connectivity index (χ0v) is 6.47. The van der Waals surface area contributed by atoms with Crippen LogP contribution in [-0.2, 0) is 0 Å². The molecule has 0 saturated heterocycles. The fraction of sp³-hybridized carbons (Fsp3) is 0. The van der Waals surface area contributed by atoms with Crippen molar-refractivity contribution in [1.29, 1.82) is 0 Å². The number of hydrogen-bond acceptors (Lipinski definition) is 5. The van der Waals surface area contributed by atoms with E-state index in [2.05, 4.69) is 19.4 Å². The first-order valence-electron chi connectivity index (χ1n) is 2.50. The van der Waals surface area contributed by atoms with E-state index in [1.807, 2.05) is 4.94 Å². The number of hydrogen-bond donors (Lipinski definition) is 0. The third-order valence-corrected chi connectivity index (χ3v) is 2.00. The Hall–Kier alpha value is -1.00. The molecule has 0 amide bonds. The molecule has 2 aromatic rings. The van der Waals surface area contributed by atoms with Crippen LogP contribution in [0.5, 0.6) is 0 Å². The van der Waals surface area contributed by atoms with Gasteiger partial charge in [0.05, 0.1) is 0 Å². The van der Waals surface area contributed by atoms with Gasteiger partial charge in [0.15, 0.2) is 0 Å². The van der Waals surface area contributed by atoms with Gasteiger partial charge >= 0.3 is 61.5 Å². The van der Waals surface area contributed by atoms with Gasteiger partial charge < -0.3 is 0 Å². The van der Waals surface area contributed by atoms with Crippen LogP contribution in [0.15, 0.2) is 15.8 Å². The molecule has 6 heteroatoms. The zero-order chi connectivity index (χ0) is 6.81. The van der Waals surface area contributed by atoms with E-state index < -0.39 is 0 Å². The maximum atomic E-state index is 4.88. The van der Waals surface area contributed by atoms with Crippen molar-refractivity contribution in [2.24, 2.45) is 0 Å². The average Bonchev–Trinajstić information content (AvgIpc) is 2.59. The first-order chi connectivity index (χ1) is 4.97. The molecule has 0 aliphatic carbocycles. The Morgan fingerprint density at radius 2 is 2.40 bits per heavy atom. The summed E-state index contributed by atoms with van der Waals surface area (Å²) >= 11 is 0.129. The predicted octanol–water partition coefficient (Wildman–Crippen LogP) is -0.416. The Labute approximate surface area is 62.1 Å². The van der Waals surface area contributed by atoms with Crippen LogP contribution in [0.3, 0.4) is 0 Å². The quantitative estimate of drug-likeness (QED) is 0.586. The second-order valence-corrected chi connectivity index (χ2v) is 2.81. The van der Waals surface area contributed by atoms with Crippen LogP contribution in [0, 0.1) is 0 Å². The van der Waals surface area contributed by atoms with Crippen molar-refractivity contribution in [2.75, 3.05) is 0 Å². The Balaban J connectivity index is 2.48. The van der Waals surface area contributed by atoms with Crippen LogP contribution in [-0.4, -0.2) is 34.1 Å². The Kier molecular flexibility index (Phi) is 1.34.